The highest BCUT2D eigenvalue weighted by Crippen LogP contribution is 2.32. The van der Waals surface area contributed by atoms with Crippen molar-refractivity contribution < 1.29 is 14.3 Å². The van der Waals surface area contributed by atoms with Crippen LogP contribution in [-0.2, 0) is 0 Å². The number of aliphatic hydroxyl groups is 1. The monoisotopic (exact) mass is 318 g/mol. The number of aromatic nitrogens is 1. The van der Waals surface area contributed by atoms with Gasteiger partial charge >= 0.3 is 0 Å². The molecule has 6 heteroatoms. The first-order valence-electron chi connectivity index (χ1n) is 7.63. The maximum atomic E-state index is 13.6. The molecule has 122 valence electrons. The van der Waals surface area contributed by atoms with E-state index in [1.807, 2.05) is 0 Å². The summed E-state index contributed by atoms with van der Waals surface area (Å²) in [6.45, 7) is 1.88. The van der Waals surface area contributed by atoms with Gasteiger partial charge in [-0.05, 0) is 43.4 Å². The van der Waals surface area contributed by atoms with E-state index in [4.69, 9.17) is 0 Å². The van der Waals surface area contributed by atoms with Crippen molar-refractivity contribution in [3.05, 3.63) is 45.5 Å². The van der Waals surface area contributed by atoms with Gasteiger partial charge in [0.05, 0.1) is 11.6 Å². The van der Waals surface area contributed by atoms with Crippen molar-refractivity contribution in [1.29, 1.82) is 0 Å². The van der Waals surface area contributed by atoms with Crippen LogP contribution in [0, 0.1) is 18.7 Å². The quantitative estimate of drug-likeness (QED) is 0.903. The molecule has 0 aliphatic heterocycles. The van der Waals surface area contributed by atoms with Gasteiger partial charge in [0.15, 0.2) is 0 Å². The van der Waals surface area contributed by atoms with Crippen LogP contribution < -0.4 is 5.43 Å². The summed E-state index contributed by atoms with van der Waals surface area (Å²) in [4.78, 5) is 29.2. The molecular formula is C17H19FN2O3. The number of halogens is 1. The molecule has 0 bridgehead atoms. The van der Waals surface area contributed by atoms with Crippen LogP contribution in [0.2, 0.25) is 0 Å². The van der Waals surface area contributed by atoms with Crippen LogP contribution in [0.1, 0.15) is 28.8 Å². The van der Waals surface area contributed by atoms with Crippen molar-refractivity contribution in [3.63, 3.8) is 0 Å². The largest absolute Gasteiger partial charge is 0.391 e. The number of hydrogen-bond acceptors (Lipinski definition) is 3. The highest BCUT2D eigenvalue weighted by Gasteiger charge is 2.31. The van der Waals surface area contributed by atoms with Crippen LogP contribution in [0.3, 0.4) is 0 Å². The topological polar surface area (TPSA) is 73.4 Å². The molecule has 1 unspecified atom stereocenters. The van der Waals surface area contributed by atoms with Crippen LogP contribution in [0.5, 0.6) is 0 Å². The summed E-state index contributed by atoms with van der Waals surface area (Å²) < 4.78 is 13.6. The van der Waals surface area contributed by atoms with Crippen LogP contribution in [0.25, 0.3) is 10.9 Å². The first kappa shape index (κ1) is 15.7. The number of H-pyrrole nitrogens is 1. The second-order valence-corrected chi connectivity index (χ2v) is 6.27. The van der Waals surface area contributed by atoms with Crippen molar-refractivity contribution in [2.45, 2.75) is 25.9 Å². The number of carbonyl (C=O) groups is 1. The summed E-state index contributed by atoms with van der Waals surface area (Å²) in [5, 5.41) is 10.1. The average molecular weight is 318 g/mol. The Bertz CT molecular complexity index is 826. The second kappa shape index (κ2) is 5.77. The van der Waals surface area contributed by atoms with E-state index in [2.05, 4.69) is 4.98 Å². The second-order valence-electron chi connectivity index (χ2n) is 6.27. The number of aromatic amines is 1. The summed E-state index contributed by atoms with van der Waals surface area (Å²) in [5.41, 5.74) is 0.578. The number of nitrogens with zero attached hydrogens (tertiary/aromatic N) is 1. The highest BCUT2D eigenvalue weighted by atomic mass is 19.1. The summed E-state index contributed by atoms with van der Waals surface area (Å²) >= 11 is 0. The van der Waals surface area contributed by atoms with Gasteiger partial charge in [0, 0.05) is 25.2 Å². The third kappa shape index (κ3) is 2.99. The van der Waals surface area contributed by atoms with E-state index >= 15 is 0 Å². The Kier molecular flexibility index (Phi) is 3.93. The number of carbonyl (C=O) groups excluding carboxylic acids is 1. The Hall–Kier alpha value is -2.21. The van der Waals surface area contributed by atoms with Crippen molar-refractivity contribution in [3.8, 4) is 0 Å². The van der Waals surface area contributed by atoms with E-state index in [0.717, 1.165) is 18.9 Å². The van der Waals surface area contributed by atoms with Crippen LogP contribution in [0.15, 0.2) is 23.1 Å². The minimum Gasteiger partial charge on any atom is -0.391 e. The summed E-state index contributed by atoms with van der Waals surface area (Å²) in [5.74, 6) is -0.741. The number of pyridine rings is 1. The number of aliphatic hydroxyl groups excluding tert-OH is 1. The molecule has 1 saturated carbocycles. The standard InChI is InChI=1S/C17H19FN2O3/c1-9-5-11(18)6-12-15(9)19-7-13(16(12)22)17(23)20(2)8-14(21)10-3-4-10/h5-7,10,14,21H,3-4,8H2,1-2H3,(H,19,22). The molecule has 3 rings (SSSR count). The van der Waals surface area contributed by atoms with E-state index in [1.54, 1.807) is 14.0 Å². The van der Waals surface area contributed by atoms with E-state index in [0.29, 0.717) is 11.1 Å². The predicted molar refractivity (Wildman–Crippen MR) is 85.0 cm³/mol. The SMILES string of the molecule is Cc1cc(F)cc2c(=O)c(C(=O)N(C)CC(O)C3CC3)c[nH]c12. The maximum Gasteiger partial charge on any atom is 0.259 e. The lowest BCUT2D eigenvalue weighted by molar-refractivity contribution is 0.0644. The lowest BCUT2D eigenvalue weighted by atomic mass is 10.1. The van der Waals surface area contributed by atoms with Crippen LogP contribution >= 0.6 is 0 Å². The molecule has 2 N–H and O–H groups in total. The van der Waals surface area contributed by atoms with E-state index < -0.39 is 23.3 Å². The Labute approximate surface area is 132 Å². The minimum absolute atomic E-state index is 0.0482. The molecule has 5 nitrogen and oxygen atoms in total. The van der Waals surface area contributed by atoms with Gasteiger partial charge in [-0.1, -0.05) is 0 Å². The zero-order chi connectivity index (χ0) is 16.7. The number of rotatable bonds is 4. The first-order chi connectivity index (χ1) is 10.9. The Balaban J connectivity index is 1.94. The lowest BCUT2D eigenvalue weighted by Crippen LogP contribution is -2.37. The molecule has 0 radical (unpaired) electrons. The highest BCUT2D eigenvalue weighted by molar-refractivity contribution is 5.97. The van der Waals surface area contributed by atoms with E-state index in [1.165, 1.54) is 17.2 Å². The molecule has 23 heavy (non-hydrogen) atoms. The first-order valence-corrected chi connectivity index (χ1v) is 7.63. The summed E-state index contributed by atoms with van der Waals surface area (Å²) in [6, 6.07) is 2.47. The number of aryl methyl sites for hydroxylation is 1. The summed E-state index contributed by atoms with van der Waals surface area (Å²) in [7, 11) is 1.55. The van der Waals surface area contributed by atoms with Gasteiger partial charge in [0.25, 0.3) is 5.91 Å². The number of nitrogens with one attached hydrogen (secondary N) is 1. The molecule has 1 aromatic carbocycles. The molecule has 2 aromatic rings. The van der Waals surface area contributed by atoms with Crippen molar-refractivity contribution in [2.75, 3.05) is 13.6 Å². The van der Waals surface area contributed by atoms with Crippen LogP contribution in [-0.4, -0.2) is 40.6 Å². The predicted octanol–water partition coefficient (Wildman–Crippen LogP) is 1.82. The Morgan fingerprint density at radius 3 is 2.83 bits per heavy atom. The fraction of sp³-hybridized carbons (Fsp3) is 0.412. The van der Waals surface area contributed by atoms with Gasteiger partial charge in [-0.25, -0.2) is 4.39 Å². The van der Waals surface area contributed by atoms with Gasteiger partial charge in [-0.2, -0.15) is 0 Å². The molecule has 0 spiro atoms. The average Bonchev–Trinajstić information content (AvgIpc) is 3.32. The third-order valence-corrected chi connectivity index (χ3v) is 4.35. The number of fused-ring (bicyclic) bond motifs is 1. The summed E-state index contributed by atoms with van der Waals surface area (Å²) in [6.07, 6.45) is 2.73. The molecule has 1 atom stereocenters. The van der Waals surface area contributed by atoms with Crippen LogP contribution in [0.4, 0.5) is 4.39 Å². The van der Waals surface area contributed by atoms with Gasteiger partial charge < -0.3 is 15.0 Å². The van der Waals surface area contributed by atoms with Gasteiger partial charge in [-0.15, -0.1) is 0 Å². The fourth-order valence-electron chi connectivity index (χ4n) is 2.83. The van der Waals surface area contributed by atoms with Gasteiger partial charge in [0.2, 0.25) is 5.43 Å². The molecule has 0 saturated heterocycles. The molecule has 1 aliphatic rings. The number of likely N-dealkylation sites (N-methyl/N-ethyl adjacent to an activating group) is 1. The zero-order valence-electron chi connectivity index (χ0n) is 13.1. The Morgan fingerprint density at radius 1 is 1.48 bits per heavy atom. The molecule has 1 fully saturated rings. The van der Waals surface area contributed by atoms with Gasteiger partial charge in [-0.3, -0.25) is 9.59 Å². The molecule has 1 amide bonds. The molecular weight excluding hydrogens is 299 g/mol. The minimum atomic E-state index is -0.567. The van der Waals surface area contributed by atoms with Crippen molar-refractivity contribution in [2.24, 2.45) is 5.92 Å². The number of hydrogen-bond donors (Lipinski definition) is 2. The Morgan fingerprint density at radius 2 is 2.17 bits per heavy atom. The maximum absolute atomic E-state index is 13.6. The van der Waals surface area contributed by atoms with E-state index in [-0.39, 0.29) is 23.4 Å². The lowest BCUT2D eigenvalue weighted by Gasteiger charge is -2.20. The number of benzene rings is 1. The fourth-order valence-corrected chi connectivity index (χ4v) is 2.83. The molecule has 1 heterocycles. The van der Waals surface area contributed by atoms with E-state index in [9.17, 15) is 19.1 Å². The molecule has 1 aromatic heterocycles. The number of amides is 1. The smallest absolute Gasteiger partial charge is 0.259 e. The zero-order valence-corrected chi connectivity index (χ0v) is 13.1. The van der Waals surface area contributed by atoms with Crippen molar-refractivity contribution in [1.82, 2.24) is 9.88 Å². The van der Waals surface area contributed by atoms with Gasteiger partial charge in [0.1, 0.15) is 11.4 Å². The molecule has 1 aliphatic carbocycles. The normalized spacial score (nSPS) is 15.7. The third-order valence-electron chi connectivity index (χ3n) is 4.35. The van der Waals surface area contributed by atoms with Crippen molar-refractivity contribution >= 4 is 16.8 Å².